The molecule has 0 aromatic carbocycles. The fraction of sp³-hybridized carbons (Fsp3) is 0.875. The summed E-state index contributed by atoms with van der Waals surface area (Å²) in [6.45, 7) is 1.41. The van der Waals surface area contributed by atoms with Crippen LogP contribution in [0, 0.1) is 0 Å². The van der Waals surface area contributed by atoms with Crippen LogP contribution in [0.25, 0.3) is 0 Å². The van der Waals surface area contributed by atoms with Crippen molar-refractivity contribution in [1.29, 1.82) is 0 Å². The van der Waals surface area contributed by atoms with Gasteiger partial charge in [0.2, 0.25) is 5.91 Å². The van der Waals surface area contributed by atoms with E-state index in [1.165, 1.54) is 6.92 Å². The van der Waals surface area contributed by atoms with Crippen molar-refractivity contribution in [2.24, 2.45) is 0 Å². The Bertz CT molecular complexity index is 172. The number of hydrogen-bond acceptors (Lipinski definition) is 3. The van der Waals surface area contributed by atoms with Crippen LogP contribution >= 0.6 is 0 Å². The summed E-state index contributed by atoms with van der Waals surface area (Å²) in [6, 6.07) is -0.272. The van der Waals surface area contributed by atoms with Gasteiger partial charge in [-0.2, -0.15) is 0 Å². The molecule has 12 heavy (non-hydrogen) atoms. The number of nitrogens with one attached hydrogen (secondary N) is 1. The van der Waals surface area contributed by atoms with Gasteiger partial charge in [0, 0.05) is 6.92 Å². The van der Waals surface area contributed by atoms with Gasteiger partial charge < -0.3 is 15.5 Å². The van der Waals surface area contributed by atoms with Crippen LogP contribution in [0.4, 0.5) is 0 Å². The zero-order valence-electron chi connectivity index (χ0n) is 7.16. The number of hydrogen-bond donors (Lipinski definition) is 3. The molecule has 4 heteroatoms. The van der Waals surface area contributed by atoms with Crippen molar-refractivity contribution < 1.29 is 15.0 Å². The molecule has 0 saturated heterocycles. The van der Waals surface area contributed by atoms with Crippen LogP contribution in [0.2, 0.25) is 0 Å². The van der Waals surface area contributed by atoms with Gasteiger partial charge in [0.1, 0.15) is 0 Å². The van der Waals surface area contributed by atoms with E-state index in [1.807, 2.05) is 0 Å². The van der Waals surface area contributed by atoms with Crippen molar-refractivity contribution in [3.8, 4) is 0 Å². The molecular formula is C8H15NO3. The molecule has 0 bridgehead atoms. The molecular weight excluding hydrogens is 158 g/mol. The monoisotopic (exact) mass is 173 g/mol. The molecule has 3 atom stereocenters. The number of carbonyl (C=O) groups is 1. The molecule has 1 aliphatic carbocycles. The minimum atomic E-state index is -0.803. The highest BCUT2D eigenvalue weighted by Crippen LogP contribution is 2.18. The van der Waals surface area contributed by atoms with E-state index in [0.29, 0.717) is 6.42 Å². The van der Waals surface area contributed by atoms with Gasteiger partial charge in [0.25, 0.3) is 0 Å². The predicted molar refractivity (Wildman–Crippen MR) is 43.5 cm³/mol. The van der Waals surface area contributed by atoms with Crippen molar-refractivity contribution in [2.45, 2.75) is 44.4 Å². The SMILES string of the molecule is CC(=O)N[C@@H]1CCC[C@H](O)[C@H]1O. The van der Waals surface area contributed by atoms with Crippen LogP contribution in [0.3, 0.4) is 0 Å². The molecule has 3 N–H and O–H groups in total. The van der Waals surface area contributed by atoms with E-state index in [9.17, 15) is 15.0 Å². The molecule has 0 aromatic heterocycles. The lowest BCUT2D eigenvalue weighted by molar-refractivity contribution is -0.122. The molecule has 1 saturated carbocycles. The minimum Gasteiger partial charge on any atom is -0.390 e. The second-order valence-corrected chi connectivity index (χ2v) is 3.30. The van der Waals surface area contributed by atoms with Crippen LogP contribution in [-0.4, -0.2) is 34.4 Å². The van der Waals surface area contributed by atoms with E-state index in [4.69, 9.17) is 0 Å². The van der Waals surface area contributed by atoms with Gasteiger partial charge in [-0.25, -0.2) is 0 Å². The molecule has 0 aliphatic heterocycles. The van der Waals surface area contributed by atoms with Gasteiger partial charge in [-0.3, -0.25) is 4.79 Å². The summed E-state index contributed by atoms with van der Waals surface area (Å²) in [5, 5.41) is 21.3. The lowest BCUT2D eigenvalue weighted by atomic mass is 9.90. The number of aliphatic hydroxyl groups excluding tert-OH is 2. The van der Waals surface area contributed by atoms with Gasteiger partial charge >= 0.3 is 0 Å². The smallest absolute Gasteiger partial charge is 0.217 e. The summed E-state index contributed by atoms with van der Waals surface area (Å²) in [5.41, 5.74) is 0. The second kappa shape index (κ2) is 3.87. The third kappa shape index (κ3) is 2.19. The number of rotatable bonds is 1. The maximum Gasteiger partial charge on any atom is 0.217 e. The lowest BCUT2D eigenvalue weighted by Gasteiger charge is -2.31. The zero-order chi connectivity index (χ0) is 9.14. The van der Waals surface area contributed by atoms with Crippen LogP contribution in [-0.2, 0) is 4.79 Å². The molecule has 0 heterocycles. The van der Waals surface area contributed by atoms with E-state index in [2.05, 4.69) is 5.32 Å². The topological polar surface area (TPSA) is 69.6 Å². The molecule has 0 radical (unpaired) electrons. The zero-order valence-corrected chi connectivity index (χ0v) is 7.16. The van der Waals surface area contributed by atoms with Crippen molar-refractivity contribution in [2.75, 3.05) is 0 Å². The van der Waals surface area contributed by atoms with Crippen molar-refractivity contribution in [3.63, 3.8) is 0 Å². The van der Waals surface area contributed by atoms with E-state index in [0.717, 1.165) is 12.8 Å². The maximum absolute atomic E-state index is 10.7. The molecule has 0 unspecified atom stereocenters. The molecule has 0 spiro atoms. The Labute approximate surface area is 71.6 Å². The highest BCUT2D eigenvalue weighted by Gasteiger charge is 2.30. The largest absolute Gasteiger partial charge is 0.390 e. The molecule has 70 valence electrons. The molecule has 1 fully saturated rings. The van der Waals surface area contributed by atoms with Gasteiger partial charge in [-0.1, -0.05) is 0 Å². The van der Waals surface area contributed by atoms with E-state index in [-0.39, 0.29) is 11.9 Å². The number of carbonyl (C=O) groups excluding carboxylic acids is 1. The normalized spacial score (nSPS) is 36.1. The third-order valence-electron chi connectivity index (χ3n) is 2.21. The van der Waals surface area contributed by atoms with Gasteiger partial charge in [-0.15, -0.1) is 0 Å². The Morgan fingerprint density at radius 2 is 2.08 bits per heavy atom. The third-order valence-corrected chi connectivity index (χ3v) is 2.21. The van der Waals surface area contributed by atoms with Crippen LogP contribution in [0.1, 0.15) is 26.2 Å². The van der Waals surface area contributed by atoms with Crippen LogP contribution < -0.4 is 5.32 Å². The summed E-state index contributed by atoms with van der Waals surface area (Å²) < 4.78 is 0. The van der Waals surface area contributed by atoms with E-state index in [1.54, 1.807) is 0 Å². The van der Waals surface area contributed by atoms with E-state index < -0.39 is 12.2 Å². The second-order valence-electron chi connectivity index (χ2n) is 3.30. The van der Waals surface area contributed by atoms with Crippen molar-refractivity contribution in [3.05, 3.63) is 0 Å². The minimum absolute atomic E-state index is 0.159. The average Bonchev–Trinajstić information content (AvgIpc) is 1.98. The summed E-state index contributed by atoms with van der Waals surface area (Å²) in [5.74, 6) is -0.159. The van der Waals surface area contributed by atoms with Crippen LogP contribution in [0.15, 0.2) is 0 Å². The fourth-order valence-electron chi connectivity index (χ4n) is 1.58. The Morgan fingerprint density at radius 1 is 1.42 bits per heavy atom. The lowest BCUT2D eigenvalue weighted by Crippen LogP contribution is -2.50. The maximum atomic E-state index is 10.7. The van der Waals surface area contributed by atoms with Crippen molar-refractivity contribution >= 4 is 5.91 Å². The molecule has 1 rings (SSSR count). The predicted octanol–water partition coefficient (Wildman–Crippen LogP) is -0.603. The standard InChI is InChI=1S/C8H15NO3/c1-5(10)9-6-3-2-4-7(11)8(6)12/h6-8,11-12H,2-4H2,1H3,(H,9,10)/t6-,7+,8+/m1/s1. The van der Waals surface area contributed by atoms with Crippen molar-refractivity contribution in [1.82, 2.24) is 5.32 Å². The Morgan fingerprint density at radius 3 is 2.67 bits per heavy atom. The summed E-state index contributed by atoms with van der Waals surface area (Å²) in [4.78, 5) is 10.7. The number of amides is 1. The number of aliphatic hydroxyl groups is 2. The van der Waals surface area contributed by atoms with E-state index >= 15 is 0 Å². The van der Waals surface area contributed by atoms with Crippen LogP contribution in [0.5, 0.6) is 0 Å². The first kappa shape index (κ1) is 9.48. The molecule has 0 aromatic rings. The Balaban J connectivity index is 2.46. The highest BCUT2D eigenvalue weighted by atomic mass is 16.3. The van der Waals surface area contributed by atoms with Gasteiger partial charge in [0.15, 0.2) is 0 Å². The first-order chi connectivity index (χ1) is 5.61. The quantitative estimate of drug-likeness (QED) is 0.496. The average molecular weight is 173 g/mol. The molecule has 1 amide bonds. The summed E-state index contributed by atoms with van der Waals surface area (Å²) in [7, 11) is 0. The van der Waals surface area contributed by atoms with Gasteiger partial charge in [-0.05, 0) is 19.3 Å². The fourth-order valence-corrected chi connectivity index (χ4v) is 1.58. The first-order valence-corrected chi connectivity index (χ1v) is 4.24. The van der Waals surface area contributed by atoms with Gasteiger partial charge in [0.05, 0.1) is 18.2 Å². The Kier molecular flexibility index (Phi) is 3.05. The first-order valence-electron chi connectivity index (χ1n) is 4.24. The Hall–Kier alpha value is -0.610. The molecule has 4 nitrogen and oxygen atoms in total. The summed E-state index contributed by atoms with van der Waals surface area (Å²) >= 11 is 0. The summed E-state index contributed by atoms with van der Waals surface area (Å²) in [6.07, 6.45) is 0.733. The molecule has 1 aliphatic rings. The highest BCUT2D eigenvalue weighted by molar-refractivity contribution is 5.73.